The Labute approximate surface area is 114 Å². The summed E-state index contributed by atoms with van der Waals surface area (Å²) >= 11 is 0. The first-order valence-corrected chi connectivity index (χ1v) is 5.88. The van der Waals surface area contributed by atoms with Gasteiger partial charge in [0, 0.05) is 11.6 Å². The van der Waals surface area contributed by atoms with E-state index in [2.05, 4.69) is 5.10 Å². The minimum absolute atomic E-state index is 0.0214. The van der Waals surface area contributed by atoms with Gasteiger partial charge in [0.1, 0.15) is 5.56 Å². The lowest BCUT2D eigenvalue weighted by Gasteiger charge is -2.05. The van der Waals surface area contributed by atoms with E-state index in [-0.39, 0.29) is 11.3 Å². The predicted octanol–water partition coefficient (Wildman–Crippen LogP) is 2.40. The fourth-order valence-electron chi connectivity index (χ4n) is 2.13. The van der Waals surface area contributed by atoms with Crippen LogP contribution in [-0.4, -0.2) is 25.8 Å². The summed E-state index contributed by atoms with van der Waals surface area (Å²) in [6, 6.07) is 4.68. The van der Waals surface area contributed by atoms with Crippen LogP contribution in [0.2, 0.25) is 0 Å². The first-order chi connectivity index (χ1) is 9.32. The van der Waals surface area contributed by atoms with Crippen LogP contribution in [0.5, 0.6) is 0 Å². The summed E-state index contributed by atoms with van der Waals surface area (Å²) in [7, 11) is 0. The Morgan fingerprint density at radius 3 is 2.50 bits per heavy atom. The van der Waals surface area contributed by atoms with Crippen molar-refractivity contribution in [1.29, 1.82) is 0 Å². The molecule has 0 aliphatic rings. The van der Waals surface area contributed by atoms with Gasteiger partial charge in [0.2, 0.25) is 0 Å². The first-order valence-electron chi connectivity index (χ1n) is 5.88. The number of carbonyl (C=O) groups is 1. The van der Waals surface area contributed by atoms with E-state index in [1.165, 1.54) is 10.7 Å². The number of nitrogens with zero attached hydrogens (tertiary/aromatic N) is 3. The second kappa shape index (κ2) is 4.76. The average molecular weight is 275 g/mol. The molecule has 0 saturated heterocycles. The van der Waals surface area contributed by atoms with Gasteiger partial charge in [0.15, 0.2) is 0 Å². The van der Waals surface area contributed by atoms with Crippen molar-refractivity contribution in [1.82, 2.24) is 9.78 Å². The van der Waals surface area contributed by atoms with E-state index in [1.807, 2.05) is 0 Å². The lowest BCUT2D eigenvalue weighted by Crippen LogP contribution is -2.03. The molecule has 0 spiro atoms. The standard InChI is InChI=1S/C13H13N3O4/c1-7-4-5-10(6-11(7)16(19)20)15-9(3)12(13(17)18)8(2)14-15/h4-6H,1-3H3,(H,17,18). The lowest BCUT2D eigenvalue weighted by atomic mass is 10.1. The Hall–Kier alpha value is -2.70. The third kappa shape index (κ3) is 2.13. The van der Waals surface area contributed by atoms with Crippen molar-refractivity contribution < 1.29 is 14.8 Å². The van der Waals surface area contributed by atoms with Crippen molar-refractivity contribution >= 4 is 11.7 Å². The molecule has 0 bridgehead atoms. The smallest absolute Gasteiger partial charge is 0.339 e. The average Bonchev–Trinajstić information content (AvgIpc) is 2.65. The van der Waals surface area contributed by atoms with Gasteiger partial charge < -0.3 is 5.11 Å². The molecular formula is C13H13N3O4. The van der Waals surface area contributed by atoms with E-state index in [9.17, 15) is 14.9 Å². The van der Waals surface area contributed by atoms with Crippen molar-refractivity contribution in [2.75, 3.05) is 0 Å². The molecule has 104 valence electrons. The zero-order valence-electron chi connectivity index (χ0n) is 11.2. The van der Waals surface area contributed by atoms with Gasteiger partial charge in [-0.1, -0.05) is 6.07 Å². The molecule has 0 amide bonds. The van der Waals surface area contributed by atoms with Gasteiger partial charge in [-0.05, 0) is 26.8 Å². The predicted molar refractivity (Wildman–Crippen MR) is 71.4 cm³/mol. The third-order valence-electron chi connectivity index (χ3n) is 3.14. The van der Waals surface area contributed by atoms with Crippen molar-refractivity contribution in [2.24, 2.45) is 0 Å². The van der Waals surface area contributed by atoms with Gasteiger partial charge in [-0.15, -0.1) is 0 Å². The van der Waals surface area contributed by atoms with Gasteiger partial charge in [-0.2, -0.15) is 5.10 Å². The monoisotopic (exact) mass is 275 g/mol. The summed E-state index contributed by atoms with van der Waals surface area (Å²) in [4.78, 5) is 21.6. The van der Waals surface area contributed by atoms with Crippen molar-refractivity contribution in [3.8, 4) is 5.69 Å². The fraction of sp³-hybridized carbons (Fsp3) is 0.231. The topological polar surface area (TPSA) is 98.3 Å². The summed E-state index contributed by atoms with van der Waals surface area (Å²) < 4.78 is 1.41. The highest BCUT2D eigenvalue weighted by molar-refractivity contribution is 5.90. The fourth-order valence-corrected chi connectivity index (χ4v) is 2.13. The van der Waals surface area contributed by atoms with Crippen LogP contribution in [0.1, 0.15) is 27.3 Å². The highest BCUT2D eigenvalue weighted by Crippen LogP contribution is 2.24. The molecule has 7 heteroatoms. The maximum atomic E-state index is 11.2. The molecule has 0 aliphatic carbocycles. The van der Waals surface area contributed by atoms with Gasteiger partial charge in [0.25, 0.3) is 5.69 Å². The number of nitro benzene ring substituents is 1. The third-order valence-corrected chi connectivity index (χ3v) is 3.14. The number of aromatic nitrogens is 2. The highest BCUT2D eigenvalue weighted by Gasteiger charge is 2.20. The number of carboxylic acid groups (broad SMARTS) is 1. The van der Waals surface area contributed by atoms with Crippen LogP contribution in [0.15, 0.2) is 18.2 Å². The van der Waals surface area contributed by atoms with Crippen molar-refractivity contribution in [3.63, 3.8) is 0 Å². The van der Waals surface area contributed by atoms with E-state index in [1.54, 1.807) is 32.9 Å². The molecule has 1 heterocycles. The Kier molecular flexibility index (Phi) is 3.27. The molecule has 0 saturated carbocycles. The van der Waals surface area contributed by atoms with Gasteiger partial charge in [-0.25, -0.2) is 9.48 Å². The number of carboxylic acids is 1. The Morgan fingerprint density at radius 1 is 1.35 bits per heavy atom. The van der Waals surface area contributed by atoms with E-state index >= 15 is 0 Å². The van der Waals surface area contributed by atoms with Crippen LogP contribution in [0.4, 0.5) is 5.69 Å². The second-order valence-corrected chi connectivity index (χ2v) is 4.49. The van der Waals surface area contributed by atoms with Gasteiger partial charge in [-0.3, -0.25) is 10.1 Å². The number of hydrogen-bond acceptors (Lipinski definition) is 4. The number of aryl methyl sites for hydroxylation is 2. The molecule has 0 fully saturated rings. The summed E-state index contributed by atoms with van der Waals surface area (Å²) in [6.07, 6.45) is 0. The number of nitro groups is 1. The van der Waals surface area contributed by atoms with Crippen LogP contribution >= 0.6 is 0 Å². The maximum Gasteiger partial charge on any atom is 0.339 e. The van der Waals surface area contributed by atoms with Crippen LogP contribution in [0.25, 0.3) is 5.69 Å². The molecular weight excluding hydrogens is 262 g/mol. The zero-order chi connectivity index (χ0) is 15.0. The summed E-state index contributed by atoms with van der Waals surface area (Å²) in [5.74, 6) is -1.06. The summed E-state index contributed by atoms with van der Waals surface area (Å²) in [5, 5.41) is 24.2. The number of rotatable bonds is 3. The van der Waals surface area contributed by atoms with Crippen LogP contribution in [0, 0.1) is 30.9 Å². The summed E-state index contributed by atoms with van der Waals surface area (Å²) in [6.45, 7) is 4.86. The quantitative estimate of drug-likeness (QED) is 0.685. The molecule has 2 aromatic rings. The molecule has 1 N–H and O–H groups in total. The molecule has 0 aliphatic heterocycles. The van der Waals surface area contributed by atoms with E-state index < -0.39 is 10.9 Å². The maximum absolute atomic E-state index is 11.2. The molecule has 0 unspecified atom stereocenters. The number of hydrogen-bond donors (Lipinski definition) is 1. The SMILES string of the molecule is Cc1ccc(-n2nc(C)c(C(=O)O)c2C)cc1[N+](=O)[O-]. The molecule has 2 rings (SSSR count). The van der Waals surface area contributed by atoms with Crippen LogP contribution < -0.4 is 0 Å². The second-order valence-electron chi connectivity index (χ2n) is 4.49. The van der Waals surface area contributed by atoms with Gasteiger partial charge in [0.05, 0.1) is 22.0 Å². The largest absolute Gasteiger partial charge is 0.478 e. The zero-order valence-corrected chi connectivity index (χ0v) is 11.2. The molecule has 0 atom stereocenters. The highest BCUT2D eigenvalue weighted by atomic mass is 16.6. The normalized spacial score (nSPS) is 10.6. The van der Waals surface area contributed by atoms with E-state index in [0.717, 1.165) is 0 Å². The lowest BCUT2D eigenvalue weighted by molar-refractivity contribution is -0.385. The van der Waals surface area contributed by atoms with Crippen LogP contribution in [-0.2, 0) is 0 Å². The van der Waals surface area contributed by atoms with Gasteiger partial charge >= 0.3 is 5.97 Å². The molecule has 1 aromatic heterocycles. The molecule has 20 heavy (non-hydrogen) atoms. The molecule has 0 radical (unpaired) electrons. The number of benzene rings is 1. The van der Waals surface area contributed by atoms with Crippen LogP contribution in [0.3, 0.4) is 0 Å². The first kappa shape index (κ1) is 13.7. The Bertz CT molecular complexity index is 719. The minimum atomic E-state index is -1.06. The minimum Gasteiger partial charge on any atom is -0.478 e. The molecule has 1 aromatic carbocycles. The van der Waals surface area contributed by atoms with E-state index in [0.29, 0.717) is 22.6 Å². The van der Waals surface area contributed by atoms with E-state index in [4.69, 9.17) is 5.11 Å². The molecule has 7 nitrogen and oxygen atoms in total. The Balaban J connectivity index is 2.64. The summed E-state index contributed by atoms with van der Waals surface area (Å²) in [5.41, 5.74) is 1.92. The number of aromatic carboxylic acids is 1. The van der Waals surface area contributed by atoms with Crippen molar-refractivity contribution in [3.05, 3.63) is 50.8 Å². The Morgan fingerprint density at radius 2 is 2.00 bits per heavy atom. The van der Waals surface area contributed by atoms with Crippen molar-refractivity contribution in [2.45, 2.75) is 20.8 Å².